The number of ether oxygens (including phenoxy) is 1. The van der Waals surface area contributed by atoms with Crippen molar-refractivity contribution in [3.63, 3.8) is 0 Å². The molecule has 0 radical (unpaired) electrons. The molecule has 7 N–H and O–H groups in total. The molecule has 0 fully saturated rings. The summed E-state index contributed by atoms with van der Waals surface area (Å²) >= 11 is 5.64. The molecule has 0 aliphatic carbocycles. The van der Waals surface area contributed by atoms with Crippen LogP contribution in [0.2, 0.25) is 5.02 Å². The molecular weight excluding hydrogens is 648 g/mol. The minimum absolute atomic E-state index is 0.0614. The molecule has 2 aromatic carbocycles. The number of halogens is 1. The van der Waals surface area contributed by atoms with Crippen molar-refractivity contribution in [2.24, 2.45) is 16.5 Å². The highest BCUT2D eigenvalue weighted by molar-refractivity contribution is 6.30. The van der Waals surface area contributed by atoms with E-state index < -0.39 is 6.04 Å². The molecule has 0 aliphatic heterocycles. The summed E-state index contributed by atoms with van der Waals surface area (Å²) in [6.07, 6.45) is 9.24. The van der Waals surface area contributed by atoms with E-state index in [0.717, 1.165) is 60.6 Å². The van der Waals surface area contributed by atoms with Crippen LogP contribution in [0.1, 0.15) is 118 Å². The third-order valence-corrected chi connectivity index (χ3v) is 6.50. The number of nitrogens with one attached hydrogen (secondary N) is 3. The lowest BCUT2D eigenvalue weighted by molar-refractivity contribution is -0.122. The first-order valence-electron chi connectivity index (χ1n) is 18.6. The minimum atomic E-state index is -0.664. The second-order valence-corrected chi connectivity index (χ2v) is 11.2. The molecule has 0 bridgehead atoms. The van der Waals surface area contributed by atoms with Crippen molar-refractivity contribution in [2.45, 2.75) is 127 Å². The van der Waals surface area contributed by atoms with Crippen LogP contribution in [0.5, 0.6) is 5.75 Å². The molecule has 2 rings (SSSR count). The molecule has 0 heterocycles. The van der Waals surface area contributed by atoms with Gasteiger partial charge in [0.15, 0.2) is 5.96 Å². The molecule has 1 atom stereocenters. The summed E-state index contributed by atoms with van der Waals surface area (Å²) in [5.41, 5.74) is 14.0. The lowest BCUT2D eigenvalue weighted by atomic mass is 10.1. The van der Waals surface area contributed by atoms with E-state index in [1.165, 1.54) is 12.0 Å². The van der Waals surface area contributed by atoms with Gasteiger partial charge in [0.2, 0.25) is 11.8 Å². The first-order chi connectivity index (χ1) is 24.1. The maximum Gasteiger partial charge on any atom is 0.244 e. The smallest absolute Gasteiger partial charge is 0.244 e. The highest BCUT2D eigenvalue weighted by Gasteiger charge is 2.19. The minimum Gasteiger partial charge on any atom is -0.493 e. The largest absolute Gasteiger partial charge is 0.493 e. The van der Waals surface area contributed by atoms with E-state index >= 15 is 0 Å². The summed E-state index contributed by atoms with van der Waals surface area (Å²) in [5, 5.41) is 9.79. The van der Waals surface area contributed by atoms with Crippen LogP contribution in [0.4, 0.5) is 0 Å². The summed E-state index contributed by atoms with van der Waals surface area (Å²) in [6, 6.07) is 15.1. The van der Waals surface area contributed by atoms with E-state index in [9.17, 15) is 9.59 Å². The van der Waals surface area contributed by atoms with Crippen molar-refractivity contribution in [1.82, 2.24) is 16.0 Å². The molecular formula is C40H71ClN6O3. The number of rotatable bonds is 18. The zero-order chi connectivity index (χ0) is 38.6. The number of hydrogen-bond acceptors (Lipinski definition) is 5. The van der Waals surface area contributed by atoms with Crippen LogP contribution in [-0.2, 0) is 16.0 Å². The first-order valence-corrected chi connectivity index (χ1v) is 19.0. The van der Waals surface area contributed by atoms with Gasteiger partial charge in [-0.3, -0.25) is 14.6 Å². The number of carbonyl (C=O) groups excluding carboxylic acids is 2. The summed E-state index contributed by atoms with van der Waals surface area (Å²) in [5.74, 6) is 0.558. The zero-order valence-electron chi connectivity index (χ0n) is 33.0. The van der Waals surface area contributed by atoms with Gasteiger partial charge in [0.05, 0.1) is 19.7 Å². The van der Waals surface area contributed by atoms with E-state index in [2.05, 4.69) is 47.8 Å². The van der Waals surface area contributed by atoms with Gasteiger partial charge in [-0.05, 0) is 61.9 Å². The third-order valence-electron chi connectivity index (χ3n) is 6.26. The molecule has 2 amide bonds. The SMILES string of the molecule is CC.CC.CC/C=C(\CNC(=O)CC)NC(CN=C(N)N)C(=O)NCCCc1ccccc1OCCCCC.CCC.Cc1cccc(Cl)c1. The number of unbranched alkanes of at least 4 members (excludes halogenated alkanes) is 2. The quantitative estimate of drug-likeness (QED) is 0.0594. The van der Waals surface area contributed by atoms with Gasteiger partial charge in [0.1, 0.15) is 11.8 Å². The maximum atomic E-state index is 12.9. The Bertz CT molecular complexity index is 1150. The monoisotopic (exact) mass is 719 g/mol. The van der Waals surface area contributed by atoms with Gasteiger partial charge in [-0.25, -0.2) is 0 Å². The number of carbonyl (C=O) groups is 2. The number of benzene rings is 2. The average molecular weight is 720 g/mol. The van der Waals surface area contributed by atoms with Crippen molar-refractivity contribution in [2.75, 3.05) is 26.2 Å². The molecule has 1 unspecified atom stereocenters. The average Bonchev–Trinajstić information content (AvgIpc) is 3.11. The van der Waals surface area contributed by atoms with E-state index in [4.69, 9.17) is 27.8 Å². The topological polar surface area (TPSA) is 144 Å². The standard InChI is InChI=1S/C26H44N6O3.C7H7Cl.C3H8.2C2H6/c1-4-7-10-17-35-23-15-9-8-13-20(23)14-11-16-29-25(34)22(19-31-26(27)28)32-21(12-5-2)18-30-24(33)6-3;1-6-3-2-4-7(8)5-6;1-3-2;2*1-2/h8-9,12-13,15,22,32H,4-7,10-11,14,16-19H2,1-3H3,(H,29,34)(H,30,33)(H4,27,28,31);2-5H,1H3;3H2,1-2H3;2*1-2H3/b21-12+;;;;. The van der Waals surface area contributed by atoms with Gasteiger partial charge in [-0.1, -0.05) is 130 Å². The van der Waals surface area contributed by atoms with Crippen molar-refractivity contribution < 1.29 is 14.3 Å². The Kier molecular flexibility index (Phi) is 37.0. The van der Waals surface area contributed by atoms with Crippen LogP contribution in [0.3, 0.4) is 0 Å². The Hall–Kier alpha value is -3.72. The van der Waals surface area contributed by atoms with Crippen molar-refractivity contribution in [3.8, 4) is 5.75 Å². The van der Waals surface area contributed by atoms with Gasteiger partial charge < -0.3 is 32.2 Å². The van der Waals surface area contributed by atoms with Crippen LogP contribution < -0.4 is 32.2 Å². The Morgan fingerprint density at radius 2 is 1.58 bits per heavy atom. The fourth-order valence-corrected chi connectivity index (χ4v) is 4.21. The second kappa shape index (κ2) is 36.6. The van der Waals surface area contributed by atoms with Crippen molar-refractivity contribution in [1.29, 1.82) is 0 Å². The predicted octanol–water partition coefficient (Wildman–Crippen LogP) is 8.47. The third kappa shape index (κ3) is 29.2. The maximum absolute atomic E-state index is 12.9. The molecule has 0 aromatic heterocycles. The Morgan fingerprint density at radius 1 is 0.920 bits per heavy atom. The van der Waals surface area contributed by atoms with Crippen molar-refractivity contribution >= 4 is 29.4 Å². The van der Waals surface area contributed by atoms with E-state index in [1.807, 2.05) is 90.1 Å². The molecule has 286 valence electrons. The van der Waals surface area contributed by atoms with E-state index in [0.29, 0.717) is 26.1 Å². The van der Waals surface area contributed by atoms with Crippen LogP contribution in [0.15, 0.2) is 65.3 Å². The lowest BCUT2D eigenvalue weighted by Gasteiger charge is -2.21. The Morgan fingerprint density at radius 3 is 2.12 bits per heavy atom. The fraction of sp³-hybridized carbons (Fsp3) is 0.575. The molecule has 50 heavy (non-hydrogen) atoms. The Balaban J connectivity index is -0.00000123. The molecule has 2 aromatic rings. The van der Waals surface area contributed by atoms with Crippen LogP contribution in [-0.4, -0.2) is 50.1 Å². The van der Waals surface area contributed by atoms with Gasteiger partial charge in [-0.2, -0.15) is 0 Å². The highest BCUT2D eigenvalue weighted by Crippen LogP contribution is 2.20. The Labute approximate surface area is 310 Å². The molecule has 0 saturated heterocycles. The predicted molar refractivity (Wildman–Crippen MR) is 217 cm³/mol. The first kappa shape index (κ1) is 50.7. The summed E-state index contributed by atoms with van der Waals surface area (Å²) in [4.78, 5) is 28.6. The summed E-state index contributed by atoms with van der Waals surface area (Å²) < 4.78 is 5.95. The van der Waals surface area contributed by atoms with Gasteiger partial charge in [-0.15, -0.1) is 0 Å². The lowest BCUT2D eigenvalue weighted by Crippen LogP contribution is -2.48. The number of nitrogens with two attached hydrogens (primary N) is 2. The van der Waals surface area contributed by atoms with Crippen LogP contribution >= 0.6 is 11.6 Å². The van der Waals surface area contributed by atoms with Gasteiger partial charge >= 0.3 is 0 Å². The number of amides is 2. The van der Waals surface area contributed by atoms with Gasteiger partial charge in [0, 0.05) is 23.7 Å². The van der Waals surface area contributed by atoms with Gasteiger partial charge in [0.25, 0.3) is 0 Å². The summed E-state index contributed by atoms with van der Waals surface area (Å²) in [6.45, 7) is 21.8. The molecule has 10 heteroatoms. The number of hydrogen-bond donors (Lipinski definition) is 5. The number of nitrogens with zero attached hydrogens (tertiary/aromatic N) is 1. The second-order valence-electron chi connectivity index (χ2n) is 10.8. The van der Waals surface area contributed by atoms with Crippen LogP contribution in [0, 0.1) is 6.92 Å². The number of aliphatic imine (C=N–C) groups is 1. The molecule has 0 saturated carbocycles. The van der Waals surface area contributed by atoms with E-state index in [-0.39, 0.29) is 24.3 Å². The van der Waals surface area contributed by atoms with Crippen LogP contribution in [0.25, 0.3) is 0 Å². The molecule has 0 aliphatic rings. The fourth-order valence-electron chi connectivity index (χ4n) is 3.97. The summed E-state index contributed by atoms with van der Waals surface area (Å²) in [7, 11) is 0. The van der Waals surface area contributed by atoms with E-state index in [1.54, 1.807) is 6.92 Å². The number of para-hydroxylation sites is 1. The number of allylic oxidation sites excluding steroid dienone is 1. The normalized spacial score (nSPS) is 10.4. The molecule has 9 nitrogen and oxygen atoms in total. The van der Waals surface area contributed by atoms with Crippen molar-refractivity contribution in [3.05, 3.63) is 76.5 Å². The highest BCUT2D eigenvalue weighted by atomic mass is 35.5. The molecule has 0 spiro atoms. The number of guanidine groups is 1. The number of aryl methyl sites for hydroxylation is 2. The zero-order valence-corrected chi connectivity index (χ0v) is 33.7.